The molecule has 2 aliphatic heterocycles. The molecule has 0 aliphatic carbocycles. The van der Waals surface area contributed by atoms with Gasteiger partial charge in [0, 0.05) is 61.4 Å². The summed E-state index contributed by atoms with van der Waals surface area (Å²) in [6.07, 6.45) is 0. The second-order valence-electron chi connectivity index (χ2n) is 11.5. The standard InChI is InChI=1S/C32H25BrN2O4/c1-14(2)12-34-29(36)19-8-5-16-17-6-9-21-26-22(32(39)35(31(21)38)13-15(3)4)11-23(33)27(28(17)26)18-7-10-20(30(34)37)25(19)24(16)18/h5-11,14-15H,12-13H2,1-4H3. The van der Waals surface area contributed by atoms with Gasteiger partial charge >= 0.3 is 0 Å². The molecule has 5 aromatic rings. The number of carbonyl (C=O) groups excluding carboxylic acids is 4. The second-order valence-corrected chi connectivity index (χ2v) is 12.3. The van der Waals surface area contributed by atoms with Gasteiger partial charge < -0.3 is 0 Å². The van der Waals surface area contributed by atoms with Crippen molar-refractivity contribution < 1.29 is 19.2 Å². The predicted molar refractivity (Wildman–Crippen MR) is 156 cm³/mol. The van der Waals surface area contributed by atoms with Crippen LogP contribution in [0.3, 0.4) is 0 Å². The predicted octanol–water partition coefficient (Wildman–Crippen LogP) is 7.00. The Morgan fingerprint density at radius 3 is 1.44 bits per heavy atom. The maximum absolute atomic E-state index is 13.6. The van der Waals surface area contributed by atoms with E-state index in [1.807, 2.05) is 64.1 Å². The molecular weight excluding hydrogens is 556 g/mol. The summed E-state index contributed by atoms with van der Waals surface area (Å²) in [6.45, 7) is 8.65. The van der Waals surface area contributed by atoms with Crippen LogP contribution in [0.15, 0.2) is 46.9 Å². The summed E-state index contributed by atoms with van der Waals surface area (Å²) in [4.78, 5) is 56.8. The Labute approximate surface area is 233 Å². The highest BCUT2D eigenvalue weighted by atomic mass is 79.9. The molecule has 0 fully saturated rings. The van der Waals surface area contributed by atoms with Crippen LogP contribution in [-0.4, -0.2) is 46.5 Å². The van der Waals surface area contributed by atoms with Gasteiger partial charge in [0.2, 0.25) is 0 Å². The molecule has 39 heavy (non-hydrogen) atoms. The topological polar surface area (TPSA) is 74.8 Å². The zero-order valence-electron chi connectivity index (χ0n) is 22.0. The molecule has 7 rings (SSSR count). The van der Waals surface area contributed by atoms with E-state index in [0.29, 0.717) is 46.1 Å². The number of amides is 4. The molecule has 0 atom stereocenters. The van der Waals surface area contributed by atoms with Crippen LogP contribution in [0.5, 0.6) is 0 Å². The highest BCUT2D eigenvalue weighted by molar-refractivity contribution is 9.10. The summed E-state index contributed by atoms with van der Waals surface area (Å²) in [5.41, 5.74) is 2.05. The Hall–Kier alpha value is -3.84. The number of halogens is 1. The molecule has 5 aromatic carbocycles. The summed E-state index contributed by atoms with van der Waals surface area (Å²) < 4.78 is 0.733. The smallest absolute Gasteiger partial charge is 0.261 e. The maximum atomic E-state index is 13.6. The van der Waals surface area contributed by atoms with Gasteiger partial charge in [-0.2, -0.15) is 0 Å². The van der Waals surface area contributed by atoms with Gasteiger partial charge in [-0.3, -0.25) is 29.0 Å². The first-order valence-electron chi connectivity index (χ1n) is 13.2. The van der Waals surface area contributed by atoms with Gasteiger partial charge in [0.25, 0.3) is 23.6 Å². The van der Waals surface area contributed by atoms with Crippen LogP contribution in [0.2, 0.25) is 0 Å². The zero-order chi connectivity index (χ0) is 27.5. The van der Waals surface area contributed by atoms with Crippen LogP contribution in [0, 0.1) is 11.8 Å². The van der Waals surface area contributed by atoms with E-state index in [2.05, 4.69) is 15.9 Å². The number of rotatable bonds is 4. The average molecular weight is 581 g/mol. The molecule has 7 heteroatoms. The molecule has 0 aromatic heterocycles. The summed E-state index contributed by atoms with van der Waals surface area (Å²) in [6, 6.07) is 13.0. The van der Waals surface area contributed by atoms with Gasteiger partial charge in [-0.05, 0) is 57.6 Å². The van der Waals surface area contributed by atoms with E-state index in [1.54, 1.807) is 6.07 Å². The normalized spacial score (nSPS) is 15.6. The van der Waals surface area contributed by atoms with Crippen LogP contribution in [0.1, 0.15) is 69.1 Å². The summed E-state index contributed by atoms with van der Waals surface area (Å²) in [7, 11) is 0. The van der Waals surface area contributed by atoms with Gasteiger partial charge in [0.05, 0.1) is 0 Å². The number of nitrogens with zero attached hydrogens (tertiary/aromatic N) is 2. The zero-order valence-corrected chi connectivity index (χ0v) is 23.6. The quantitative estimate of drug-likeness (QED) is 0.130. The van der Waals surface area contributed by atoms with E-state index in [1.165, 1.54) is 9.80 Å². The lowest BCUT2D eigenvalue weighted by Crippen LogP contribution is -2.42. The first kappa shape index (κ1) is 24.2. The molecule has 0 saturated carbocycles. The molecule has 194 valence electrons. The van der Waals surface area contributed by atoms with Gasteiger partial charge in [-0.15, -0.1) is 0 Å². The van der Waals surface area contributed by atoms with Crippen molar-refractivity contribution in [1.82, 2.24) is 9.80 Å². The van der Waals surface area contributed by atoms with Crippen molar-refractivity contribution in [3.63, 3.8) is 0 Å². The number of benzene rings is 5. The number of carbonyl (C=O) groups is 4. The number of fused-ring (bicyclic) bond motifs is 2. The van der Waals surface area contributed by atoms with Crippen molar-refractivity contribution in [1.29, 1.82) is 0 Å². The van der Waals surface area contributed by atoms with Gasteiger partial charge in [-0.1, -0.05) is 61.8 Å². The second kappa shape index (κ2) is 8.09. The maximum Gasteiger partial charge on any atom is 0.261 e. The van der Waals surface area contributed by atoms with Crippen molar-refractivity contribution in [3.05, 3.63) is 69.2 Å². The van der Waals surface area contributed by atoms with E-state index < -0.39 is 0 Å². The Bertz CT molecular complexity index is 1950. The molecule has 4 amide bonds. The fourth-order valence-electron chi connectivity index (χ4n) is 6.48. The van der Waals surface area contributed by atoms with Crippen molar-refractivity contribution in [3.8, 4) is 0 Å². The third-order valence-electron chi connectivity index (χ3n) is 7.95. The molecule has 0 bridgehead atoms. The van der Waals surface area contributed by atoms with Crippen LogP contribution in [0.25, 0.3) is 43.1 Å². The Kier molecular flexibility index (Phi) is 5.02. The first-order chi connectivity index (χ1) is 18.6. The van der Waals surface area contributed by atoms with Gasteiger partial charge in [-0.25, -0.2) is 0 Å². The van der Waals surface area contributed by atoms with E-state index in [0.717, 1.165) is 36.8 Å². The molecule has 0 N–H and O–H groups in total. The summed E-state index contributed by atoms with van der Waals surface area (Å²) in [5, 5.41) is 6.52. The molecular formula is C32H25BrN2O4. The summed E-state index contributed by atoms with van der Waals surface area (Å²) >= 11 is 3.75. The third-order valence-corrected chi connectivity index (χ3v) is 8.58. The molecule has 0 spiro atoms. The molecule has 0 saturated heterocycles. The van der Waals surface area contributed by atoms with Gasteiger partial charge in [0.1, 0.15) is 0 Å². The average Bonchev–Trinajstić information content (AvgIpc) is 2.90. The summed E-state index contributed by atoms with van der Waals surface area (Å²) in [5.74, 6) is -0.828. The molecule has 0 radical (unpaired) electrons. The van der Waals surface area contributed by atoms with Crippen LogP contribution in [-0.2, 0) is 0 Å². The lowest BCUT2D eigenvalue weighted by atomic mass is 9.82. The Morgan fingerprint density at radius 2 is 0.949 bits per heavy atom. The highest BCUT2D eigenvalue weighted by Gasteiger charge is 2.37. The van der Waals surface area contributed by atoms with E-state index in [4.69, 9.17) is 0 Å². The Morgan fingerprint density at radius 1 is 0.538 bits per heavy atom. The SMILES string of the molecule is CC(C)CN1C(=O)c2ccc3c4ccc5c6c(cc(Br)c(c7ccc(c2c37)C1=O)c64)C(=O)N(CC(C)C)C5=O. The van der Waals surface area contributed by atoms with E-state index >= 15 is 0 Å². The molecule has 6 nitrogen and oxygen atoms in total. The number of imide groups is 2. The molecule has 0 unspecified atom stereocenters. The number of hydrogen-bond acceptors (Lipinski definition) is 4. The van der Waals surface area contributed by atoms with Crippen molar-refractivity contribution in [2.45, 2.75) is 27.7 Å². The minimum atomic E-state index is -0.289. The van der Waals surface area contributed by atoms with E-state index in [9.17, 15) is 19.2 Å². The minimum Gasteiger partial charge on any atom is -0.274 e. The Balaban J connectivity index is 1.61. The fraction of sp³-hybridized carbons (Fsp3) is 0.250. The monoisotopic (exact) mass is 580 g/mol. The lowest BCUT2D eigenvalue weighted by Gasteiger charge is -2.31. The van der Waals surface area contributed by atoms with Gasteiger partial charge in [0.15, 0.2) is 0 Å². The van der Waals surface area contributed by atoms with Crippen LogP contribution in [0.4, 0.5) is 0 Å². The third kappa shape index (κ3) is 3.08. The van der Waals surface area contributed by atoms with E-state index in [-0.39, 0.29) is 35.5 Å². The fourth-order valence-corrected chi connectivity index (χ4v) is 7.12. The first-order valence-corrected chi connectivity index (χ1v) is 14.0. The lowest BCUT2D eigenvalue weighted by molar-refractivity contribution is 0.0577. The van der Waals surface area contributed by atoms with Crippen molar-refractivity contribution in [2.24, 2.45) is 11.8 Å². The number of hydrogen-bond donors (Lipinski definition) is 0. The van der Waals surface area contributed by atoms with Crippen molar-refractivity contribution >= 4 is 82.6 Å². The highest BCUT2D eigenvalue weighted by Crippen LogP contribution is 2.48. The molecule has 2 heterocycles. The van der Waals surface area contributed by atoms with Crippen LogP contribution < -0.4 is 0 Å². The minimum absolute atomic E-state index is 0.143. The largest absolute Gasteiger partial charge is 0.274 e. The van der Waals surface area contributed by atoms with Crippen molar-refractivity contribution in [2.75, 3.05) is 13.1 Å². The van der Waals surface area contributed by atoms with Crippen LogP contribution >= 0.6 is 15.9 Å². The molecule has 2 aliphatic rings.